The van der Waals surface area contributed by atoms with E-state index in [-0.39, 0.29) is 18.8 Å². The zero-order chi connectivity index (χ0) is 11.8. The van der Waals surface area contributed by atoms with Gasteiger partial charge in [0.15, 0.2) is 0 Å². The second-order valence-electron chi connectivity index (χ2n) is 2.87. The second-order valence-corrected chi connectivity index (χ2v) is 2.87. The van der Waals surface area contributed by atoms with E-state index in [9.17, 15) is 14.7 Å². The van der Waals surface area contributed by atoms with Gasteiger partial charge in [-0.15, -0.1) is 0 Å². The summed E-state index contributed by atoms with van der Waals surface area (Å²) in [6.45, 7) is 7.56. The molecule has 0 saturated heterocycles. The van der Waals surface area contributed by atoms with Crippen LogP contribution in [0.3, 0.4) is 0 Å². The molecular weight excluding hydrogens is 200 g/mol. The van der Waals surface area contributed by atoms with E-state index in [1.165, 1.54) is 6.92 Å². The predicted molar refractivity (Wildman–Crippen MR) is 52.9 cm³/mol. The topological polar surface area (TPSA) is 72.8 Å². The average molecular weight is 214 g/mol. The molecule has 0 unspecified atom stereocenters. The molecule has 5 nitrogen and oxygen atoms in total. The van der Waals surface area contributed by atoms with E-state index in [0.29, 0.717) is 0 Å². The van der Waals surface area contributed by atoms with Crippen molar-refractivity contribution in [3.8, 4) is 0 Å². The van der Waals surface area contributed by atoms with Gasteiger partial charge in [-0.25, -0.2) is 9.59 Å². The van der Waals surface area contributed by atoms with Crippen LogP contribution >= 0.6 is 0 Å². The molecule has 0 aromatic heterocycles. The fraction of sp³-hybridized carbons (Fsp3) is 0.400. The van der Waals surface area contributed by atoms with Crippen LogP contribution in [0.5, 0.6) is 0 Å². The lowest BCUT2D eigenvalue weighted by atomic mass is 10.3. The molecule has 0 aliphatic rings. The number of carbonyl (C=O) groups excluding carboxylic acids is 2. The molecule has 5 heteroatoms. The molecule has 0 radical (unpaired) electrons. The number of aliphatic hydroxyl groups excluding tert-OH is 1. The third-order valence-electron chi connectivity index (χ3n) is 1.34. The van der Waals surface area contributed by atoms with E-state index in [0.717, 1.165) is 6.08 Å². The van der Waals surface area contributed by atoms with Crippen LogP contribution in [0, 0.1) is 0 Å². The van der Waals surface area contributed by atoms with Crippen molar-refractivity contribution in [3.05, 3.63) is 24.8 Å². The quantitative estimate of drug-likeness (QED) is 0.505. The summed E-state index contributed by atoms with van der Waals surface area (Å²) in [6, 6.07) is 0. The van der Waals surface area contributed by atoms with Gasteiger partial charge in [0, 0.05) is 11.6 Å². The molecule has 0 aromatic rings. The van der Waals surface area contributed by atoms with Crippen LogP contribution in [0.25, 0.3) is 0 Å². The van der Waals surface area contributed by atoms with Crippen molar-refractivity contribution in [3.63, 3.8) is 0 Å². The highest BCUT2D eigenvalue weighted by molar-refractivity contribution is 5.86. The van der Waals surface area contributed by atoms with Gasteiger partial charge in [0.1, 0.15) is 19.3 Å². The Morgan fingerprint density at radius 1 is 1.40 bits per heavy atom. The van der Waals surface area contributed by atoms with Crippen molar-refractivity contribution in [2.75, 3.05) is 13.2 Å². The molecular formula is C10H14O5. The van der Waals surface area contributed by atoms with Crippen molar-refractivity contribution in [1.29, 1.82) is 0 Å². The normalized spacial score (nSPS) is 11.3. The van der Waals surface area contributed by atoms with Gasteiger partial charge in [-0.05, 0) is 6.92 Å². The maximum Gasteiger partial charge on any atom is 0.333 e. The van der Waals surface area contributed by atoms with Gasteiger partial charge in [-0.3, -0.25) is 0 Å². The first-order valence-corrected chi connectivity index (χ1v) is 4.27. The third-order valence-corrected chi connectivity index (χ3v) is 1.34. The van der Waals surface area contributed by atoms with E-state index in [4.69, 9.17) is 0 Å². The molecule has 84 valence electrons. The zero-order valence-electron chi connectivity index (χ0n) is 8.56. The van der Waals surface area contributed by atoms with Crippen molar-refractivity contribution in [2.24, 2.45) is 0 Å². The van der Waals surface area contributed by atoms with E-state index >= 15 is 0 Å². The number of aliphatic hydroxyl groups is 1. The van der Waals surface area contributed by atoms with Crippen LogP contribution < -0.4 is 0 Å². The van der Waals surface area contributed by atoms with E-state index in [1.807, 2.05) is 0 Å². The summed E-state index contributed by atoms with van der Waals surface area (Å²) in [7, 11) is 0. The second kappa shape index (κ2) is 6.78. The van der Waals surface area contributed by atoms with Gasteiger partial charge in [-0.1, -0.05) is 13.2 Å². The molecule has 0 aromatic carbocycles. The van der Waals surface area contributed by atoms with Crippen molar-refractivity contribution >= 4 is 11.9 Å². The molecule has 15 heavy (non-hydrogen) atoms. The molecule has 0 fully saturated rings. The molecule has 0 amide bonds. The summed E-state index contributed by atoms with van der Waals surface area (Å²) >= 11 is 0. The number of carbonyl (C=O) groups is 2. The molecule has 0 saturated carbocycles. The Balaban J connectivity index is 3.70. The highest BCUT2D eigenvalue weighted by Gasteiger charge is 2.10. The molecule has 1 atom stereocenters. The molecule has 0 spiro atoms. The van der Waals surface area contributed by atoms with Gasteiger partial charge in [0.05, 0.1) is 0 Å². The van der Waals surface area contributed by atoms with E-state index in [1.54, 1.807) is 0 Å². The number of ether oxygens (including phenoxy) is 2. The summed E-state index contributed by atoms with van der Waals surface area (Å²) in [6.07, 6.45) is -0.0655. The average Bonchev–Trinajstić information content (AvgIpc) is 2.21. The first-order chi connectivity index (χ1) is 6.97. The summed E-state index contributed by atoms with van der Waals surface area (Å²) in [5, 5.41) is 9.21. The van der Waals surface area contributed by atoms with Gasteiger partial charge in [0.2, 0.25) is 0 Å². The molecule has 0 rings (SSSR count). The zero-order valence-corrected chi connectivity index (χ0v) is 8.56. The maximum absolute atomic E-state index is 10.9. The lowest BCUT2D eigenvalue weighted by Gasteiger charge is -2.10. The number of hydrogen-bond acceptors (Lipinski definition) is 5. The third kappa shape index (κ3) is 6.45. The lowest BCUT2D eigenvalue weighted by Crippen LogP contribution is -2.25. The van der Waals surface area contributed by atoms with Crippen LogP contribution in [0.1, 0.15) is 6.92 Å². The molecule has 0 aliphatic carbocycles. The van der Waals surface area contributed by atoms with Crippen molar-refractivity contribution in [2.45, 2.75) is 13.0 Å². The first-order valence-electron chi connectivity index (χ1n) is 4.27. The summed E-state index contributed by atoms with van der Waals surface area (Å²) in [5.74, 6) is -1.23. The molecule has 0 heterocycles. The van der Waals surface area contributed by atoms with Crippen LogP contribution in [0.2, 0.25) is 0 Å². The monoisotopic (exact) mass is 214 g/mol. The fourth-order valence-corrected chi connectivity index (χ4v) is 0.580. The Labute approximate surface area is 88.0 Å². The van der Waals surface area contributed by atoms with E-state index in [2.05, 4.69) is 22.6 Å². The highest BCUT2D eigenvalue weighted by atomic mass is 16.6. The largest absolute Gasteiger partial charge is 0.460 e. The SMILES string of the molecule is C=CC(=O)OC[C@H](O)COC(=O)C(=C)C. The highest BCUT2D eigenvalue weighted by Crippen LogP contribution is 1.95. The minimum atomic E-state index is -1.04. The number of hydrogen-bond donors (Lipinski definition) is 1. The number of rotatable bonds is 6. The summed E-state index contributed by atoms with van der Waals surface area (Å²) in [5.41, 5.74) is 0.241. The van der Waals surface area contributed by atoms with Crippen LogP contribution in [0.15, 0.2) is 24.8 Å². The van der Waals surface area contributed by atoms with Gasteiger partial charge in [0.25, 0.3) is 0 Å². The Hall–Kier alpha value is -1.62. The molecule has 0 bridgehead atoms. The van der Waals surface area contributed by atoms with Crippen LogP contribution in [-0.4, -0.2) is 36.4 Å². The number of esters is 2. The Morgan fingerprint density at radius 2 is 1.93 bits per heavy atom. The first kappa shape index (κ1) is 13.4. The predicted octanol–water partition coefficient (Wildman–Crippen LogP) is 0.196. The molecule has 1 N–H and O–H groups in total. The molecule has 0 aliphatic heterocycles. The van der Waals surface area contributed by atoms with Gasteiger partial charge in [-0.2, -0.15) is 0 Å². The Bertz CT molecular complexity index is 269. The summed E-state index contributed by atoms with van der Waals surface area (Å²) < 4.78 is 9.15. The van der Waals surface area contributed by atoms with Crippen LogP contribution in [-0.2, 0) is 19.1 Å². The maximum atomic E-state index is 10.9. The Morgan fingerprint density at radius 3 is 2.40 bits per heavy atom. The minimum Gasteiger partial charge on any atom is -0.460 e. The smallest absolute Gasteiger partial charge is 0.333 e. The van der Waals surface area contributed by atoms with Crippen LogP contribution in [0.4, 0.5) is 0 Å². The van der Waals surface area contributed by atoms with Gasteiger partial charge < -0.3 is 14.6 Å². The Kier molecular flexibility index (Phi) is 6.05. The fourth-order valence-electron chi connectivity index (χ4n) is 0.580. The standard InChI is InChI=1S/C10H14O5/c1-4-9(12)14-5-8(11)6-15-10(13)7(2)3/h4,8,11H,1-2,5-6H2,3H3/t8-/m0/s1. The minimum absolute atomic E-state index is 0.240. The van der Waals surface area contributed by atoms with Crippen molar-refractivity contribution in [1.82, 2.24) is 0 Å². The van der Waals surface area contributed by atoms with Crippen molar-refractivity contribution < 1.29 is 24.2 Å². The lowest BCUT2D eigenvalue weighted by molar-refractivity contribution is -0.146. The summed E-state index contributed by atoms with van der Waals surface area (Å²) in [4.78, 5) is 21.5. The van der Waals surface area contributed by atoms with E-state index < -0.39 is 18.0 Å². The van der Waals surface area contributed by atoms with Gasteiger partial charge >= 0.3 is 11.9 Å².